The summed E-state index contributed by atoms with van der Waals surface area (Å²) >= 11 is 5.83. The van der Waals surface area contributed by atoms with Crippen LogP contribution >= 0.6 is 11.6 Å². The SMILES string of the molecule is CCc1ccc(OCC(=O)Nc2ccc(Cl)cc2)c(-n2cnnc2)c1. The van der Waals surface area contributed by atoms with Crippen molar-refractivity contribution < 1.29 is 9.53 Å². The van der Waals surface area contributed by atoms with Gasteiger partial charge in [-0.05, 0) is 48.4 Å². The fraction of sp³-hybridized carbons (Fsp3) is 0.167. The standard InChI is InChI=1S/C18H17ClN4O2/c1-2-13-3-8-17(16(9-13)23-11-20-21-12-23)25-10-18(24)22-15-6-4-14(19)5-7-15/h3-9,11-12H,2,10H2,1H3,(H,22,24). The van der Waals surface area contributed by atoms with Crippen LogP contribution in [0.5, 0.6) is 5.75 Å². The molecule has 0 atom stereocenters. The van der Waals surface area contributed by atoms with Gasteiger partial charge in [0.15, 0.2) is 6.61 Å². The molecule has 1 N–H and O–H groups in total. The molecule has 1 amide bonds. The number of nitrogens with zero attached hydrogens (tertiary/aromatic N) is 3. The molecule has 0 saturated carbocycles. The molecule has 0 bridgehead atoms. The minimum Gasteiger partial charge on any atom is -0.482 e. The largest absolute Gasteiger partial charge is 0.482 e. The van der Waals surface area contributed by atoms with Gasteiger partial charge in [0.25, 0.3) is 5.91 Å². The summed E-state index contributed by atoms with van der Waals surface area (Å²) < 4.78 is 7.46. The maximum Gasteiger partial charge on any atom is 0.262 e. The normalized spacial score (nSPS) is 10.5. The Labute approximate surface area is 150 Å². The van der Waals surface area contributed by atoms with Crippen LogP contribution in [-0.2, 0) is 11.2 Å². The third-order valence-electron chi connectivity index (χ3n) is 3.62. The van der Waals surface area contributed by atoms with Crippen molar-refractivity contribution in [3.8, 4) is 11.4 Å². The van der Waals surface area contributed by atoms with Gasteiger partial charge in [-0.1, -0.05) is 24.6 Å². The van der Waals surface area contributed by atoms with Crippen LogP contribution in [0.2, 0.25) is 5.02 Å². The lowest BCUT2D eigenvalue weighted by Gasteiger charge is -2.13. The Morgan fingerprint density at radius 3 is 2.56 bits per heavy atom. The summed E-state index contributed by atoms with van der Waals surface area (Å²) in [6, 6.07) is 12.7. The summed E-state index contributed by atoms with van der Waals surface area (Å²) in [7, 11) is 0. The van der Waals surface area contributed by atoms with Gasteiger partial charge >= 0.3 is 0 Å². The van der Waals surface area contributed by atoms with Gasteiger partial charge in [0.05, 0.1) is 5.69 Å². The van der Waals surface area contributed by atoms with E-state index in [-0.39, 0.29) is 12.5 Å². The van der Waals surface area contributed by atoms with Gasteiger partial charge in [0.2, 0.25) is 0 Å². The number of anilines is 1. The number of rotatable bonds is 6. The average molecular weight is 357 g/mol. The zero-order valence-corrected chi connectivity index (χ0v) is 14.4. The lowest BCUT2D eigenvalue weighted by atomic mass is 10.1. The molecule has 2 aromatic carbocycles. The number of carbonyl (C=O) groups excluding carboxylic acids is 1. The highest BCUT2D eigenvalue weighted by molar-refractivity contribution is 6.30. The lowest BCUT2D eigenvalue weighted by Crippen LogP contribution is -2.20. The van der Waals surface area contributed by atoms with Crippen molar-refractivity contribution in [1.29, 1.82) is 0 Å². The predicted molar refractivity (Wildman–Crippen MR) is 96.3 cm³/mol. The Hall–Kier alpha value is -2.86. The van der Waals surface area contributed by atoms with Gasteiger partial charge in [-0.25, -0.2) is 0 Å². The van der Waals surface area contributed by atoms with Crippen LogP contribution in [0.25, 0.3) is 5.69 Å². The number of amides is 1. The zero-order chi connectivity index (χ0) is 17.6. The van der Waals surface area contributed by atoms with Crippen LogP contribution < -0.4 is 10.1 Å². The summed E-state index contributed by atoms with van der Waals surface area (Å²) in [6.07, 6.45) is 4.08. The second kappa shape index (κ2) is 7.81. The number of halogens is 1. The molecular weight excluding hydrogens is 340 g/mol. The topological polar surface area (TPSA) is 69.0 Å². The number of hydrogen-bond acceptors (Lipinski definition) is 4. The Morgan fingerprint density at radius 2 is 1.88 bits per heavy atom. The fourth-order valence-electron chi connectivity index (χ4n) is 2.31. The molecule has 0 spiro atoms. The smallest absolute Gasteiger partial charge is 0.262 e. The molecule has 0 radical (unpaired) electrons. The second-order valence-corrected chi connectivity index (χ2v) is 5.80. The number of aromatic nitrogens is 3. The van der Waals surface area contributed by atoms with Crippen LogP contribution in [0.1, 0.15) is 12.5 Å². The molecule has 128 valence electrons. The number of aryl methyl sites for hydroxylation is 1. The Morgan fingerprint density at radius 1 is 1.16 bits per heavy atom. The maximum atomic E-state index is 12.1. The molecule has 1 heterocycles. The minimum atomic E-state index is -0.253. The molecule has 0 aliphatic rings. The van der Waals surface area contributed by atoms with Gasteiger partial charge < -0.3 is 10.1 Å². The fourth-order valence-corrected chi connectivity index (χ4v) is 2.43. The first-order valence-corrected chi connectivity index (χ1v) is 8.19. The monoisotopic (exact) mass is 356 g/mol. The van der Waals surface area contributed by atoms with E-state index in [9.17, 15) is 4.79 Å². The minimum absolute atomic E-state index is 0.108. The van der Waals surface area contributed by atoms with Crippen molar-refractivity contribution >= 4 is 23.2 Å². The maximum absolute atomic E-state index is 12.1. The van der Waals surface area contributed by atoms with E-state index >= 15 is 0 Å². The van der Waals surface area contributed by atoms with E-state index in [4.69, 9.17) is 16.3 Å². The number of benzene rings is 2. The summed E-state index contributed by atoms with van der Waals surface area (Å²) in [4.78, 5) is 12.1. The summed E-state index contributed by atoms with van der Waals surface area (Å²) in [5, 5.41) is 11.0. The van der Waals surface area contributed by atoms with Crippen molar-refractivity contribution in [2.24, 2.45) is 0 Å². The van der Waals surface area contributed by atoms with Crippen molar-refractivity contribution in [1.82, 2.24) is 14.8 Å². The summed E-state index contributed by atoms with van der Waals surface area (Å²) in [6.45, 7) is 1.97. The van der Waals surface area contributed by atoms with Gasteiger partial charge in [0.1, 0.15) is 18.4 Å². The van der Waals surface area contributed by atoms with E-state index in [2.05, 4.69) is 22.4 Å². The molecule has 0 saturated heterocycles. The van der Waals surface area contributed by atoms with Gasteiger partial charge in [-0.15, -0.1) is 10.2 Å². The number of carbonyl (C=O) groups is 1. The molecule has 0 aliphatic heterocycles. The first-order chi connectivity index (χ1) is 12.2. The van der Waals surface area contributed by atoms with E-state index in [1.165, 1.54) is 0 Å². The molecule has 3 rings (SSSR count). The van der Waals surface area contributed by atoms with Crippen LogP contribution in [0.3, 0.4) is 0 Å². The van der Waals surface area contributed by atoms with Gasteiger partial charge in [0, 0.05) is 10.7 Å². The number of hydrogen-bond donors (Lipinski definition) is 1. The number of nitrogens with one attached hydrogen (secondary N) is 1. The highest BCUT2D eigenvalue weighted by atomic mass is 35.5. The third kappa shape index (κ3) is 4.36. The Balaban J connectivity index is 1.70. The quantitative estimate of drug-likeness (QED) is 0.734. The second-order valence-electron chi connectivity index (χ2n) is 5.37. The van der Waals surface area contributed by atoms with E-state index in [0.29, 0.717) is 16.5 Å². The molecule has 0 fully saturated rings. The molecular formula is C18H17ClN4O2. The predicted octanol–water partition coefficient (Wildman–Crippen LogP) is 3.50. The number of ether oxygens (including phenoxy) is 1. The van der Waals surface area contributed by atoms with Crippen molar-refractivity contribution in [2.75, 3.05) is 11.9 Å². The van der Waals surface area contributed by atoms with Crippen LogP contribution in [0, 0.1) is 0 Å². The highest BCUT2D eigenvalue weighted by Crippen LogP contribution is 2.24. The molecule has 25 heavy (non-hydrogen) atoms. The molecule has 3 aromatic rings. The third-order valence-corrected chi connectivity index (χ3v) is 3.87. The van der Waals surface area contributed by atoms with Crippen molar-refractivity contribution in [3.05, 3.63) is 65.7 Å². The van der Waals surface area contributed by atoms with E-state index in [0.717, 1.165) is 17.7 Å². The van der Waals surface area contributed by atoms with E-state index in [1.54, 1.807) is 41.5 Å². The Kier molecular flexibility index (Phi) is 5.30. The molecule has 0 aliphatic carbocycles. The van der Waals surface area contributed by atoms with Crippen LogP contribution in [-0.4, -0.2) is 27.3 Å². The average Bonchev–Trinajstić information content (AvgIpc) is 3.16. The molecule has 6 nitrogen and oxygen atoms in total. The van der Waals surface area contributed by atoms with Gasteiger partial charge in [-0.2, -0.15) is 0 Å². The van der Waals surface area contributed by atoms with Crippen molar-refractivity contribution in [3.63, 3.8) is 0 Å². The molecule has 1 aromatic heterocycles. The highest BCUT2D eigenvalue weighted by Gasteiger charge is 2.10. The lowest BCUT2D eigenvalue weighted by molar-refractivity contribution is -0.118. The van der Waals surface area contributed by atoms with Crippen LogP contribution in [0.15, 0.2) is 55.1 Å². The Bertz CT molecular complexity index is 848. The summed E-state index contributed by atoms with van der Waals surface area (Å²) in [5.41, 5.74) is 2.61. The summed E-state index contributed by atoms with van der Waals surface area (Å²) in [5.74, 6) is 0.333. The molecule has 0 unspecified atom stereocenters. The van der Waals surface area contributed by atoms with Crippen LogP contribution in [0.4, 0.5) is 5.69 Å². The van der Waals surface area contributed by atoms with Gasteiger partial charge in [-0.3, -0.25) is 9.36 Å². The first kappa shape index (κ1) is 17.0. The molecule has 7 heteroatoms. The van der Waals surface area contributed by atoms with Crippen molar-refractivity contribution in [2.45, 2.75) is 13.3 Å². The van der Waals surface area contributed by atoms with E-state index in [1.807, 2.05) is 18.2 Å². The zero-order valence-electron chi connectivity index (χ0n) is 13.6. The van der Waals surface area contributed by atoms with E-state index < -0.39 is 0 Å². The first-order valence-electron chi connectivity index (χ1n) is 7.82.